The van der Waals surface area contributed by atoms with Gasteiger partial charge in [0.25, 0.3) is 0 Å². The van der Waals surface area contributed by atoms with Gasteiger partial charge in [0.15, 0.2) is 5.60 Å². The van der Waals surface area contributed by atoms with Crippen LogP contribution in [0.25, 0.3) is 0 Å². The van der Waals surface area contributed by atoms with Crippen molar-refractivity contribution in [2.24, 2.45) is 46.3 Å². The highest BCUT2D eigenvalue weighted by Crippen LogP contribution is 2.69. The first-order chi connectivity index (χ1) is 15.5. The number of hydrogen-bond acceptors (Lipinski definition) is 2. The minimum absolute atomic E-state index is 0.0151. The molecule has 190 valence electrons. The van der Waals surface area contributed by atoms with Crippen LogP contribution in [0, 0.1) is 46.3 Å². The molecule has 0 heterocycles. The van der Waals surface area contributed by atoms with Crippen LogP contribution in [0.1, 0.15) is 85.5 Å². The molecule has 0 spiro atoms. The Bertz CT molecular complexity index is 735. The fourth-order valence-electron chi connectivity index (χ4n) is 9.58. The van der Waals surface area contributed by atoms with E-state index >= 15 is 0 Å². The fraction of sp³-hybridized carbons (Fsp3) is 0.929. The fourth-order valence-corrected chi connectivity index (χ4v) is 9.58. The third-order valence-electron chi connectivity index (χ3n) is 11.5. The zero-order chi connectivity index (χ0) is 24.2. The molecule has 0 unspecified atom stereocenters. The third-order valence-corrected chi connectivity index (χ3v) is 11.5. The molecule has 0 saturated heterocycles. The molecular weight excluding hydrogens is 425 g/mol. The van der Waals surface area contributed by atoms with Crippen LogP contribution in [0.5, 0.6) is 0 Å². The van der Waals surface area contributed by atoms with Crippen LogP contribution < -0.4 is 0 Å². The molecule has 0 aromatic heterocycles. The summed E-state index contributed by atoms with van der Waals surface area (Å²) in [7, 11) is 3.08. The molecule has 10 atom stereocenters. The van der Waals surface area contributed by atoms with Crippen molar-refractivity contribution >= 4 is 0 Å². The second-order valence-corrected chi connectivity index (χ2v) is 12.4. The molecule has 0 aromatic rings. The second-order valence-electron chi connectivity index (χ2n) is 12.4. The summed E-state index contributed by atoms with van der Waals surface area (Å²) in [4.78, 5) is 0. The van der Waals surface area contributed by atoms with Gasteiger partial charge in [-0.25, -0.2) is 0 Å². The molecule has 0 aliphatic heterocycles. The van der Waals surface area contributed by atoms with Crippen LogP contribution in [0.3, 0.4) is 0 Å². The summed E-state index contributed by atoms with van der Waals surface area (Å²) < 4.78 is 53.0. The molecule has 0 amide bonds. The quantitative estimate of drug-likeness (QED) is 0.381. The van der Waals surface area contributed by atoms with Crippen LogP contribution in [0.2, 0.25) is 0 Å². The van der Waals surface area contributed by atoms with Gasteiger partial charge in [-0.05, 0) is 111 Å². The van der Waals surface area contributed by atoms with E-state index in [9.17, 15) is 13.2 Å². The van der Waals surface area contributed by atoms with Crippen LogP contribution in [-0.2, 0) is 9.47 Å². The number of ether oxygens (including phenoxy) is 2. The van der Waals surface area contributed by atoms with Crippen LogP contribution in [-0.4, -0.2) is 32.1 Å². The summed E-state index contributed by atoms with van der Waals surface area (Å²) in [5.41, 5.74) is -1.61. The topological polar surface area (TPSA) is 18.5 Å². The van der Waals surface area contributed by atoms with Crippen molar-refractivity contribution < 1.29 is 22.6 Å². The Morgan fingerprint density at radius 3 is 2.21 bits per heavy atom. The van der Waals surface area contributed by atoms with Gasteiger partial charge in [-0.2, -0.15) is 13.2 Å². The van der Waals surface area contributed by atoms with Crippen molar-refractivity contribution in [1.82, 2.24) is 0 Å². The third kappa shape index (κ3) is 3.82. The minimum atomic E-state index is -4.29. The van der Waals surface area contributed by atoms with Gasteiger partial charge < -0.3 is 9.47 Å². The first-order valence-electron chi connectivity index (χ1n) is 13.2. The summed E-state index contributed by atoms with van der Waals surface area (Å²) in [6.45, 7) is 9.28. The predicted octanol–water partition coefficient (Wildman–Crippen LogP) is 7.82. The number of allylic oxidation sites excluding steroid dienone is 1. The van der Waals surface area contributed by atoms with E-state index in [2.05, 4.69) is 39.8 Å². The summed E-state index contributed by atoms with van der Waals surface area (Å²) in [6.07, 6.45) is 7.98. The lowest BCUT2D eigenvalue weighted by Crippen LogP contribution is -2.59. The molecule has 4 aliphatic carbocycles. The first-order valence-corrected chi connectivity index (χ1v) is 13.2. The highest BCUT2D eigenvalue weighted by atomic mass is 19.4. The van der Waals surface area contributed by atoms with Crippen LogP contribution in [0.4, 0.5) is 13.2 Å². The maximum atomic E-state index is 14.0. The first kappa shape index (κ1) is 25.5. The van der Waals surface area contributed by atoms with Gasteiger partial charge >= 0.3 is 6.18 Å². The highest BCUT2D eigenvalue weighted by molar-refractivity contribution is 5.12. The lowest BCUT2D eigenvalue weighted by atomic mass is 9.43. The van der Waals surface area contributed by atoms with E-state index in [1.54, 1.807) is 0 Å². The van der Waals surface area contributed by atoms with Gasteiger partial charge in [0.2, 0.25) is 0 Å². The molecule has 0 N–H and O–H groups in total. The maximum Gasteiger partial charge on any atom is 0.417 e. The summed E-state index contributed by atoms with van der Waals surface area (Å²) >= 11 is 0. The maximum absolute atomic E-state index is 14.0. The zero-order valence-corrected chi connectivity index (χ0v) is 21.5. The second kappa shape index (κ2) is 8.84. The van der Waals surface area contributed by atoms with Crippen molar-refractivity contribution in [2.75, 3.05) is 14.2 Å². The molecule has 4 aliphatic rings. The lowest BCUT2D eigenvalue weighted by molar-refractivity contribution is -0.299. The Balaban J connectivity index is 1.55. The van der Waals surface area contributed by atoms with E-state index < -0.39 is 11.8 Å². The van der Waals surface area contributed by atoms with Crippen molar-refractivity contribution in [3.8, 4) is 0 Å². The van der Waals surface area contributed by atoms with Crippen molar-refractivity contribution in [2.45, 2.75) is 103 Å². The predicted molar refractivity (Wildman–Crippen MR) is 126 cm³/mol. The average molecular weight is 471 g/mol. The molecule has 0 aromatic carbocycles. The molecule has 0 bridgehead atoms. The molecule has 4 fully saturated rings. The smallest absolute Gasteiger partial charge is 0.377 e. The van der Waals surface area contributed by atoms with E-state index in [4.69, 9.17) is 9.47 Å². The Labute approximate surface area is 199 Å². The van der Waals surface area contributed by atoms with E-state index in [1.807, 2.05) is 7.11 Å². The standard InChI is InChI=1S/C28H45F3O2/c1-7-8-24(32-5)18(2)21-11-12-22-20-10-9-19-17-27(33-6,28(29,30)31)16-15-25(19,3)23(20)13-14-26(21,22)4/h7-8,18-24H,9-17H2,1-6H3/b8-7+/t18-,19+,20-,21+,22-,23-,24+,25-,26+,27+/m0/s1. The SMILES string of the molecule is C/C=C/[C@@H](OC)[C@@H](C)[C@H]1CC[C@H]2[C@@H]3CC[C@@H]4C[C@@](OC)(C(F)(F)F)CC[C@]4(C)[C@H]3CC[C@]12C. The number of methoxy groups -OCH3 is 2. The van der Waals surface area contributed by atoms with Gasteiger partial charge in [0.1, 0.15) is 0 Å². The van der Waals surface area contributed by atoms with Crippen molar-refractivity contribution in [3.63, 3.8) is 0 Å². The summed E-state index contributed by atoms with van der Waals surface area (Å²) in [5, 5.41) is 0. The summed E-state index contributed by atoms with van der Waals surface area (Å²) in [5.74, 6) is 3.15. The largest absolute Gasteiger partial charge is 0.417 e. The molecule has 0 radical (unpaired) electrons. The van der Waals surface area contributed by atoms with Gasteiger partial charge in [0.05, 0.1) is 6.10 Å². The van der Waals surface area contributed by atoms with Gasteiger partial charge in [-0.1, -0.05) is 32.9 Å². The Kier molecular flexibility index (Phi) is 6.84. The number of rotatable bonds is 5. The van der Waals surface area contributed by atoms with Gasteiger partial charge in [0, 0.05) is 14.2 Å². The molecule has 33 heavy (non-hydrogen) atoms. The molecule has 5 heteroatoms. The lowest BCUT2D eigenvalue weighted by Gasteiger charge is -2.62. The van der Waals surface area contributed by atoms with Crippen LogP contribution in [0.15, 0.2) is 12.2 Å². The van der Waals surface area contributed by atoms with Crippen molar-refractivity contribution in [3.05, 3.63) is 12.2 Å². The minimum Gasteiger partial charge on any atom is -0.377 e. The number of halogens is 3. The van der Waals surface area contributed by atoms with E-state index in [-0.39, 0.29) is 30.3 Å². The average Bonchev–Trinajstić information content (AvgIpc) is 3.13. The van der Waals surface area contributed by atoms with Gasteiger partial charge in [-0.15, -0.1) is 0 Å². The van der Waals surface area contributed by atoms with E-state index in [0.717, 1.165) is 12.8 Å². The molecule has 2 nitrogen and oxygen atoms in total. The number of fused-ring (bicyclic) bond motifs is 5. The number of hydrogen-bond donors (Lipinski definition) is 0. The zero-order valence-electron chi connectivity index (χ0n) is 21.5. The highest BCUT2D eigenvalue weighted by Gasteiger charge is 2.66. The molecule has 4 rings (SSSR count). The van der Waals surface area contributed by atoms with Crippen molar-refractivity contribution in [1.29, 1.82) is 0 Å². The monoisotopic (exact) mass is 470 g/mol. The number of alkyl halides is 3. The molecule has 4 saturated carbocycles. The Hall–Kier alpha value is -0.550. The van der Waals surface area contributed by atoms with Crippen LogP contribution >= 0.6 is 0 Å². The van der Waals surface area contributed by atoms with E-state index in [1.165, 1.54) is 32.8 Å². The normalized spacial score (nSPS) is 47.6. The Morgan fingerprint density at radius 2 is 1.61 bits per heavy atom. The van der Waals surface area contributed by atoms with Gasteiger partial charge in [-0.3, -0.25) is 0 Å². The Morgan fingerprint density at radius 1 is 0.909 bits per heavy atom. The van der Waals surface area contributed by atoms with E-state index in [0.29, 0.717) is 41.4 Å². The summed E-state index contributed by atoms with van der Waals surface area (Å²) in [6, 6.07) is 0. The molecular formula is C28H45F3O2.